The van der Waals surface area contributed by atoms with Crippen molar-refractivity contribution in [2.75, 3.05) is 26.0 Å². The molecule has 1 saturated heterocycles. The first-order valence-corrected chi connectivity index (χ1v) is 8.07. The molecule has 1 aromatic carbocycles. The number of halogens is 2. The van der Waals surface area contributed by atoms with Gasteiger partial charge in [0.1, 0.15) is 11.6 Å². The number of hydrogen-bond acceptors (Lipinski definition) is 4. The lowest BCUT2D eigenvalue weighted by Gasteiger charge is -2.24. The molecule has 0 aromatic heterocycles. The number of ether oxygens (including phenoxy) is 1. The largest absolute Gasteiger partial charge is 0.392 e. The van der Waals surface area contributed by atoms with Crippen LogP contribution in [0.4, 0.5) is 8.78 Å². The van der Waals surface area contributed by atoms with E-state index in [2.05, 4.69) is 0 Å². The maximum Gasteiger partial charge on any atom is 0.217 e. The lowest BCUT2D eigenvalue weighted by Crippen LogP contribution is -2.35. The Hall–Kier alpha value is -1.09. The highest BCUT2D eigenvalue weighted by Crippen LogP contribution is 2.36. The van der Waals surface area contributed by atoms with Crippen LogP contribution in [0.2, 0.25) is 0 Å². The minimum absolute atomic E-state index is 0.00667. The van der Waals surface area contributed by atoms with Crippen LogP contribution < -0.4 is 0 Å². The molecule has 1 fully saturated rings. The lowest BCUT2D eigenvalue weighted by atomic mass is 10.0. The number of benzene rings is 1. The third-order valence-electron chi connectivity index (χ3n) is 3.45. The van der Waals surface area contributed by atoms with Gasteiger partial charge in [-0.1, -0.05) is 0 Å². The maximum absolute atomic E-state index is 13.9. The Morgan fingerprint density at radius 3 is 2.81 bits per heavy atom. The number of rotatable bonds is 5. The molecule has 118 valence electrons. The Morgan fingerprint density at radius 1 is 1.43 bits per heavy atom. The third-order valence-corrected chi connectivity index (χ3v) is 5.25. The Bertz CT molecular complexity index is 608. The SMILES string of the molecule is COCCS(=O)(=O)N1C[C@H](O)C[C@@H]1c1cc(F)ccc1F. The van der Waals surface area contributed by atoms with Gasteiger partial charge in [0.05, 0.1) is 24.5 Å². The summed E-state index contributed by atoms with van der Waals surface area (Å²) in [5.41, 5.74) is -0.0625. The molecule has 1 heterocycles. The number of nitrogens with zero attached hydrogens (tertiary/aromatic N) is 1. The molecule has 21 heavy (non-hydrogen) atoms. The molecule has 0 radical (unpaired) electrons. The average Bonchev–Trinajstić information content (AvgIpc) is 2.82. The second kappa shape index (κ2) is 6.35. The highest BCUT2D eigenvalue weighted by Gasteiger charge is 2.40. The van der Waals surface area contributed by atoms with Gasteiger partial charge in [-0.3, -0.25) is 0 Å². The second-order valence-electron chi connectivity index (χ2n) is 4.95. The summed E-state index contributed by atoms with van der Waals surface area (Å²) in [7, 11) is -2.35. The van der Waals surface area contributed by atoms with Crippen LogP contribution in [-0.2, 0) is 14.8 Å². The molecule has 0 aliphatic carbocycles. The third kappa shape index (κ3) is 3.57. The van der Waals surface area contributed by atoms with Crippen molar-refractivity contribution in [3.8, 4) is 0 Å². The number of aliphatic hydroxyl groups is 1. The fraction of sp³-hybridized carbons (Fsp3) is 0.538. The second-order valence-corrected chi connectivity index (χ2v) is 6.99. The molecule has 0 spiro atoms. The van der Waals surface area contributed by atoms with E-state index >= 15 is 0 Å². The van der Waals surface area contributed by atoms with Crippen LogP contribution in [0.25, 0.3) is 0 Å². The van der Waals surface area contributed by atoms with E-state index in [1.807, 2.05) is 0 Å². The van der Waals surface area contributed by atoms with Crippen molar-refractivity contribution in [2.24, 2.45) is 0 Å². The summed E-state index contributed by atoms with van der Waals surface area (Å²) in [5, 5.41) is 9.73. The predicted molar refractivity (Wildman–Crippen MR) is 72.1 cm³/mol. The van der Waals surface area contributed by atoms with Gasteiger partial charge in [-0.15, -0.1) is 0 Å². The predicted octanol–water partition coefficient (Wildman–Crippen LogP) is 1.05. The smallest absolute Gasteiger partial charge is 0.217 e. The van der Waals surface area contributed by atoms with Gasteiger partial charge in [-0.2, -0.15) is 4.31 Å². The highest BCUT2D eigenvalue weighted by molar-refractivity contribution is 7.89. The number of β-amino-alcohol motifs (C(OH)–C–C–N with tert-alkyl or cyclic N) is 1. The van der Waals surface area contributed by atoms with Gasteiger partial charge in [0.25, 0.3) is 0 Å². The topological polar surface area (TPSA) is 66.8 Å². The van der Waals surface area contributed by atoms with Crippen molar-refractivity contribution < 1.29 is 27.0 Å². The van der Waals surface area contributed by atoms with Crippen molar-refractivity contribution in [1.82, 2.24) is 4.31 Å². The molecule has 1 aliphatic heterocycles. The average molecular weight is 321 g/mol. The summed E-state index contributed by atoms with van der Waals surface area (Å²) >= 11 is 0. The van der Waals surface area contributed by atoms with Crippen molar-refractivity contribution in [3.63, 3.8) is 0 Å². The maximum atomic E-state index is 13.9. The zero-order valence-corrected chi connectivity index (χ0v) is 12.3. The van der Waals surface area contributed by atoms with E-state index < -0.39 is 33.8 Å². The zero-order valence-electron chi connectivity index (χ0n) is 11.5. The minimum Gasteiger partial charge on any atom is -0.392 e. The molecule has 5 nitrogen and oxygen atoms in total. The Balaban J connectivity index is 2.35. The van der Waals surface area contributed by atoms with Gasteiger partial charge in [-0.25, -0.2) is 17.2 Å². The summed E-state index contributed by atoms with van der Waals surface area (Å²) in [6.45, 7) is -0.139. The Labute approximate surface area is 122 Å². The van der Waals surface area contributed by atoms with Crippen LogP contribution in [0.5, 0.6) is 0 Å². The first-order valence-electron chi connectivity index (χ1n) is 6.46. The van der Waals surface area contributed by atoms with Crippen LogP contribution in [0.1, 0.15) is 18.0 Å². The fourth-order valence-electron chi connectivity index (χ4n) is 2.45. The standard InChI is InChI=1S/C13H17F2NO4S/c1-20-4-5-21(18,19)16-8-10(17)7-13(16)11-6-9(14)2-3-12(11)15/h2-3,6,10,13,17H,4-5,7-8H2,1H3/t10-,13-/m1/s1. The van der Waals surface area contributed by atoms with Crippen LogP contribution in [0, 0.1) is 11.6 Å². The molecule has 1 N–H and O–H groups in total. The number of hydrogen-bond donors (Lipinski definition) is 1. The molecule has 0 bridgehead atoms. The van der Waals surface area contributed by atoms with Gasteiger partial charge in [0.2, 0.25) is 10.0 Å². The van der Waals surface area contributed by atoms with Gasteiger partial charge in [0, 0.05) is 19.2 Å². The van der Waals surface area contributed by atoms with E-state index in [1.165, 1.54) is 7.11 Å². The molecule has 0 unspecified atom stereocenters. The molecule has 8 heteroatoms. The first kappa shape index (κ1) is 16.3. The van der Waals surface area contributed by atoms with Crippen molar-refractivity contribution >= 4 is 10.0 Å². The lowest BCUT2D eigenvalue weighted by molar-refractivity contribution is 0.188. The molecule has 0 amide bonds. The van der Waals surface area contributed by atoms with E-state index in [0.29, 0.717) is 0 Å². The quantitative estimate of drug-likeness (QED) is 0.880. The van der Waals surface area contributed by atoms with E-state index in [0.717, 1.165) is 22.5 Å². The number of methoxy groups -OCH3 is 1. The van der Waals surface area contributed by atoms with Crippen LogP contribution in [-0.4, -0.2) is 49.9 Å². The fourth-order valence-corrected chi connectivity index (χ4v) is 4.05. The Kier molecular flexibility index (Phi) is 4.92. The van der Waals surface area contributed by atoms with E-state index in [1.54, 1.807) is 0 Å². The molecule has 2 atom stereocenters. The molecular weight excluding hydrogens is 304 g/mol. The van der Waals surface area contributed by atoms with Crippen LogP contribution in [0.3, 0.4) is 0 Å². The Morgan fingerprint density at radius 2 is 2.14 bits per heavy atom. The normalized spacial score (nSPS) is 23.6. The summed E-state index contributed by atoms with van der Waals surface area (Å²) < 4.78 is 57.4. The molecule has 1 aromatic rings. The molecule has 0 saturated carbocycles. The minimum atomic E-state index is -3.72. The number of sulfonamides is 1. The molecule has 1 aliphatic rings. The van der Waals surface area contributed by atoms with Gasteiger partial charge in [0.15, 0.2) is 0 Å². The van der Waals surface area contributed by atoms with Gasteiger partial charge >= 0.3 is 0 Å². The van der Waals surface area contributed by atoms with Gasteiger partial charge in [-0.05, 0) is 24.6 Å². The highest BCUT2D eigenvalue weighted by atomic mass is 32.2. The van der Waals surface area contributed by atoms with E-state index in [-0.39, 0.29) is 30.9 Å². The van der Waals surface area contributed by atoms with Crippen LogP contribution in [0.15, 0.2) is 18.2 Å². The van der Waals surface area contributed by atoms with E-state index in [9.17, 15) is 22.3 Å². The summed E-state index contributed by atoms with van der Waals surface area (Å²) in [5.74, 6) is -1.62. The van der Waals surface area contributed by atoms with E-state index in [4.69, 9.17) is 4.74 Å². The van der Waals surface area contributed by atoms with Crippen molar-refractivity contribution in [3.05, 3.63) is 35.4 Å². The molecule has 2 rings (SSSR count). The molecular formula is C13H17F2NO4S. The van der Waals surface area contributed by atoms with Gasteiger partial charge < -0.3 is 9.84 Å². The summed E-state index contributed by atoms with van der Waals surface area (Å²) in [6, 6.07) is 1.98. The summed E-state index contributed by atoms with van der Waals surface area (Å²) in [6.07, 6.45) is -0.873. The summed E-state index contributed by atoms with van der Waals surface area (Å²) in [4.78, 5) is 0. The zero-order chi connectivity index (χ0) is 15.6. The monoisotopic (exact) mass is 321 g/mol. The van der Waals surface area contributed by atoms with Crippen molar-refractivity contribution in [2.45, 2.75) is 18.6 Å². The van der Waals surface area contributed by atoms with Crippen LogP contribution >= 0.6 is 0 Å². The first-order chi connectivity index (χ1) is 9.85. The number of aliphatic hydroxyl groups excluding tert-OH is 1. The van der Waals surface area contributed by atoms with Crippen molar-refractivity contribution in [1.29, 1.82) is 0 Å².